The summed E-state index contributed by atoms with van der Waals surface area (Å²) < 4.78 is 44.0. The highest BCUT2D eigenvalue weighted by Crippen LogP contribution is 2.35. The molecule has 0 saturated heterocycles. The van der Waals surface area contributed by atoms with Crippen LogP contribution in [-0.4, -0.2) is 105 Å². The molecule has 2 aromatic carbocycles. The average molecular weight is 1010 g/mol. The number of nitrogens with zero attached hydrogens (tertiary/aromatic N) is 10. The van der Waals surface area contributed by atoms with Crippen LogP contribution >= 0.6 is 0 Å². The van der Waals surface area contributed by atoms with E-state index < -0.39 is 36.0 Å². The van der Waals surface area contributed by atoms with Crippen LogP contribution in [0, 0.1) is 17.8 Å². The monoisotopic (exact) mass is 1010 g/mol. The van der Waals surface area contributed by atoms with Gasteiger partial charge in [0.15, 0.2) is 39.7 Å². The first-order valence-corrected chi connectivity index (χ1v) is 22.3. The quantitative estimate of drug-likeness (QED) is 0.0508. The van der Waals surface area contributed by atoms with Gasteiger partial charge >= 0.3 is 18.3 Å². The number of nitrogen functional groups attached to an aromatic ring is 4. The lowest BCUT2D eigenvalue weighted by Crippen LogP contribution is -2.33. The Labute approximate surface area is 416 Å². The first-order valence-electron chi connectivity index (χ1n) is 22.3. The van der Waals surface area contributed by atoms with Crippen molar-refractivity contribution in [2.75, 3.05) is 45.8 Å². The molecule has 26 heteroatoms. The van der Waals surface area contributed by atoms with Gasteiger partial charge in [-0.2, -0.15) is 19.9 Å². The second kappa shape index (κ2) is 23.8. The Hall–Kier alpha value is -8.89. The lowest BCUT2D eigenvalue weighted by atomic mass is 9.95. The van der Waals surface area contributed by atoms with Crippen LogP contribution in [-0.2, 0) is 22.7 Å². The number of carboxylic acid groups (broad SMARTS) is 2. The van der Waals surface area contributed by atoms with Crippen LogP contribution in [0.5, 0.6) is 5.75 Å². The first-order chi connectivity index (χ1) is 34.3. The number of carboxylic acids is 2. The molecule has 12 N–H and O–H groups in total. The zero-order valence-electron chi connectivity index (χ0n) is 40.4. The number of fused-ring (bicyclic) bond motifs is 2. The van der Waals surface area contributed by atoms with Crippen LogP contribution in [0.4, 0.5) is 48.1 Å². The minimum atomic E-state index is -5.07. The summed E-state index contributed by atoms with van der Waals surface area (Å²) >= 11 is 0. The average Bonchev–Trinajstić information content (AvgIpc) is 3.29. The van der Waals surface area contributed by atoms with Crippen molar-refractivity contribution >= 4 is 81.0 Å². The largest absolute Gasteiger partial charge is 0.573 e. The van der Waals surface area contributed by atoms with Crippen molar-refractivity contribution in [1.29, 1.82) is 0 Å². The van der Waals surface area contributed by atoms with Crippen LogP contribution < -0.4 is 48.1 Å². The lowest BCUT2D eigenvalue weighted by molar-refractivity contribution is -0.274. The minimum Gasteiger partial charge on any atom is -0.481 e. The van der Waals surface area contributed by atoms with Crippen molar-refractivity contribution < 1.29 is 47.3 Å². The lowest BCUT2D eigenvalue weighted by Gasteiger charge is -2.31. The molecule has 0 aliphatic heterocycles. The van der Waals surface area contributed by atoms with Crippen LogP contribution in [0.1, 0.15) is 92.4 Å². The SMILES string of the molecule is C#CCN(Cc1cnc2nc(N)nc(N)c2n1)c1ccc(C(=O)NC(C)CCC(=O)O)cc1OC(F)(F)F.CC(CCC(=O)O)NC(=O)c1ccc(N(Cc2cnc3nc(N)nc(N)c3n2)CC(C)(C)C)cc1. The Bertz CT molecular complexity index is 3010. The molecule has 0 aliphatic rings. The smallest absolute Gasteiger partial charge is 0.481 e. The van der Waals surface area contributed by atoms with Crippen LogP contribution in [0.15, 0.2) is 54.9 Å². The Balaban J connectivity index is 0.000000272. The number of benzene rings is 2. The van der Waals surface area contributed by atoms with E-state index in [2.05, 4.69) is 86.8 Å². The number of carbonyl (C=O) groups is 4. The molecule has 2 unspecified atom stereocenters. The molecule has 0 saturated carbocycles. The molecule has 0 bridgehead atoms. The van der Waals surface area contributed by atoms with E-state index in [0.717, 1.165) is 18.3 Å². The summed E-state index contributed by atoms with van der Waals surface area (Å²) in [5.41, 5.74) is 26.2. The fourth-order valence-corrected chi connectivity index (χ4v) is 7.04. The normalized spacial score (nSPS) is 12.2. The van der Waals surface area contributed by atoms with Gasteiger partial charge in [-0.15, -0.1) is 19.6 Å². The number of halogens is 3. The molecule has 0 aliphatic carbocycles. The molecule has 2 atom stereocenters. The maximum Gasteiger partial charge on any atom is 0.573 e. The Morgan fingerprint density at radius 1 is 0.712 bits per heavy atom. The number of terminal acetylenes is 1. The highest BCUT2D eigenvalue weighted by atomic mass is 19.4. The third kappa shape index (κ3) is 16.6. The predicted octanol–water partition coefficient (Wildman–Crippen LogP) is 4.73. The summed E-state index contributed by atoms with van der Waals surface area (Å²) in [6.07, 6.45) is 3.69. The van der Waals surface area contributed by atoms with Gasteiger partial charge in [-0.1, -0.05) is 26.7 Å². The summed E-state index contributed by atoms with van der Waals surface area (Å²) in [6, 6.07) is 9.96. The zero-order valence-corrected chi connectivity index (χ0v) is 40.4. The highest BCUT2D eigenvalue weighted by molar-refractivity contribution is 5.96. The predicted molar refractivity (Wildman–Crippen MR) is 265 cm³/mol. The van der Waals surface area contributed by atoms with Gasteiger partial charge in [0, 0.05) is 48.3 Å². The molecular weight excluding hydrogens is 958 g/mol. The Kier molecular flexibility index (Phi) is 18.0. The molecule has 23 nitrogen and oxygen atoms in total. The number of carbonyl (C=O) groups excluding carboxylic acids is 2. The summed E-state index contributed by atoms with van der Waals surface area (Å²) in [5.74, 6) is -1.09. The maximum absolute atomic E-state index is 13.3. The number of hydrogen-bond acceptors (Lipinski definition) is 19. The van der Waals surface area contributed by atoms with Gasteiger partial charge in [-0.3, -0.25) is 19.2 Å². The summed E-state index contributed by atoms with van der Waals surface area (Å²) in [4.78, 5) is 83.4. The number of nitrogens with one attached hydrogen (secondary N) is 2. The molecule has 0 radical (unpaired) electrons. The van der Waals surface area contributed by atoms with Crippen molar-refractivity contribution in [2.24, 2.45) is 5.41 Å². The van der Waals surface area contributed by atoms with E-state index in [0.29, 0.717) is 35.4 Å². The number of rotatable bonds is 19. The van der Waals surface area contributed by atoms with Crippen molar-refractivity contribution in [3.8, 4) is 18.1 Å². The van der Waals surface area contributed by atoms with Gasteiger partial charge in [0.05, 0.1) is 49.1 Å². The standard InChI is InChI=1S/C24H32N8O3.C23H23F3N8O4/c1-14(5-10-18(33)34)28-22(35)15-6-8-17(9-7-15)32(13-24(2,3)4)12-16-11-27-21-19(29-16)20(25)30-23(26)31-21;1-3-8-34(11-14-10-29-20-18(31-14)19(27)32-22(28)33-20)15-6-5-13(9-16(15)38-23(24,25)26)21(37)30-12(2)4-7-17(35)36/h6-9,11,14H,5,10,12-13H2,1-4H3,(H,28,35)(H,33,34)(H4,25,26,27,30,31);1,5-6,9-10,12H,4,7-8,11H2,2H3,(H,30,37)(H,35,36)(H4,27,28,29,32,33). The third-order valence-electron chi connectivity index (χ3n) is 10.3. The number of aliphatic carboxylic acids is 2. The van der Waals surface area contributed by atoms with E-state index in [4.69, 9.17) is 39.6 Å². The first kappa shape index (κ1) is 55.0. The van der Waals surface area contributed by atoms with E-state index in [-0.39, 0.29) is 101 Å². The van der Waals surface area contributed by atoms with E-state index in [1.165, 1.54) is 23.2 Å². The minimum absolute atomic E-state index is 0.00493. The topological polar surface area (TPSA) is 356 Å². The number of aromatic nitrogens is 8. The van der Waals surface area contributed by atoms with Crippen LogP contribution in [0.25, 0.3) is 22.3 Å². The molecule has 73 heavy (non-hydrogen) atoms. The molecule has 0 fully saturated rings. The van der Waals surface area contributed by atoms with Gasteiger partial charge in [0.25, 0.3) is 11.8 Å². The fourth-order valence-electron chi connectivity index (χ4n) is 7.04. The number of hydrogen-bond donors (Lipinski definition) is 8. The van der Waals surface area contributed by atoms with E-state index in [1.807, 2.05) is 12.1 Å². The van der Waals surface area contributed by atoms with E-state index in [9.17, 15) is 32.3 Å². The van der Waals surface area contributed by atoms with Gasteiger partial charge < -0.3 is 58.3 Å². The molecular formula is C47H55F3N16O7. The maximum atomic E-state index is 13.3. The van der Waals surface area contributed by atoms with Gasteiger partial charge in [0.1, 0.15) is 0 Å². The van der Waals surface area contributed by atoms with Gasteiger partial charge in [-0.25, -0.2) is 19.9 Å². The number of nitrogens with two attached hydrogens (primary N) is 4. The van der Waals surface area contributed by atoms with Crippen molar-refractivity contribution in [1.82, 2.24) is 50.5 Å². The molecule has 6 aromatic rings. The molecule has 2 amide bonds. The molecule has 4 heterocycles. The van der Waals surface area contributed by atoms with E-state index >= 15 is 0 Å². The molecule has 4 aromatic heterocycles. The molecule has 0 spiro atoms. The number of anilines is 6. The van der Waals surface area contributed by atoms with Crippen LogP contribution in [0.3, 0.4) is 0 Å². The number of alkyl halides is 3. The third-order valence-corrected chi connectivity index (χ3v) is 10.3. The van der Waals surface area contributed by atoms with Crippen molar-refractivity contribution in [2.45, 2.75) is 91.8 Å². The van der Waals surface area contributed by atoms with Crippen LogP contribution in [0.2, 0.25) is 0 Å². The summed E-state index contributed by atoms with van der Waals surface area (Å²) in [6.45, 7) is 10.7. The molecule has 6 rings (SSSR count). The van der Waals surface area contributed by atoms with Gasteiger partial charge in [0.2, 0.25) is 11.9 Å². The highest BCUT2D eigenvalue weighted by Gasteiger charge is 2.33. The second-order valence-electron chi connectivity index (χ2n) is 17.9. The molecule has 386 valence electrons. The number of ether oxygens (including phenoxy) is 1. The summed E-state index contributed by atoms with van der Waals surface area (Å²) in [7, 11) is 0. The summed E-state index contributed by atoms with van der Waals surface area (Å²) in [5, 5.41) is 23.0. The number of amides is 2. The zero-order chi connectivity index (χ0) is 53.8. The van der Waals surface area contributed by atoms with Crippen molar-refractivity contribution in [3.05, 3.63) is 77.4 Å². The Morgan fingerprint density at radius 3 is 1.63 bits per heavy atom. The van der Waals surface area contributed by atoms with Gasteiger partial charge in [-0.05, 0) is 74.6 Å². The Morgan fingerprint density at radius 2 is 1.18 bits per heavy atom. The fraction of sp³-hybridized carbons (Fsp3) is 0.362. The van der Waals surface area contributed by atoms with Crippen molar-refractivity contribution in [3.63, 3.8) is 0 Å². The van der Waals surface area contributed by atoms with E-state index in [1.54, 1.807) is 32.2 Å². The second-order valence-corrected chi connectivity index (χ2v) is 17.9.